The highest BCUT2D eigenvalue weighted by Gasteiger charge is 2.11. The van der Waals surface area contributed by atoms with Crippen LogP contribution in [0.2, 0.25) is 0 Å². The number of aromatic nitrogens is 1. The normalized spacial score (nSPS) is 11.8. The minimum atomic E-state index is 0.601. The van der Waals surface area contributed by atoms with E-state index in [1.54, 1.807) is 40.7 Å². The molecule has 0 amide bonds. The third kappa shape index (κ3) is 3.88. The summed E-state index contributed by atoms with van der Waals surface area (Å²) in [5.41, 5.74) is 2.81. The highest BCUT2D eigenvalue weighted by Crippen LogP contribution is 2.33. The fraction of sp³-hybridized carbons (Fsp3) is 0.200. The lowest BCUT2D eigenvalue weighted by Gasteiger charge is -2.12. The van der Waals surface area contributed by atoms with E-state index in [9.17, 15) is 0 Å². The maximum atomic E-state index is 5.47. The quantitative estimate of drug-likeness (QED) is 0.611. The van der Waals surface area contributed by atoms with E-state index in [0.717, 1.165) is 21.6 Å². The zero-order valence-corrected chi connectivity index (χ0v) is 16.5. The zero-order chi connectivity index (χ0) is 19.2. The van der Waals surface area contributed by atoms with Crippen LogP contribution in [0.3, 0.4) is 0 Å². The average Bonchev–Trinajstić information content (AvgIpc) is 3.15. The van der Waals surface area contributed by atoms with Crippen LogP contribution >= 0.6 is 11.3 Å². The molecular weight excluding hydrogens is 362 g/mol. The van der Waals surface area contributed by atoms with Crippen molar-refractivity contribution in [2.24, 2.45) is 10.1 Å². The summed E-state index contributed by atoms with van der Waals surface area (Å²) in [5, 5.41) is 6.70. The third-order valence-corrected chi connectivity index (χ3v) is 4.90. The molecule has 6 nitrogen and oxygen atoms in total. The summed E-state index contributed by atoms with van der Waals surface area (Å²) in [4.78, 5) is 5.12. The van der Waals surface area contributed by atoms with Gasteiger partial charge in [-0.3, -0.25) is 4.99 Å². The maximum absolute atomic E-state index is 5.47. The van der Waals surface area contributed by atoms with Crippen molar-refractivity contribution < 1.29 is 14.2 Å². The summed E-state index contributed by atoms with van der Waals surface area (Å²) in [6.07, 6.45) is 1.73. The Hall–Kier alpha value is -3.06. The second-order valence-corrected chi connectivity index (χ2v) is 6.34. The lowest BCUT2D eigenvalue weighted by Crippen LogP contribution is -2.11. The molecule has 0 aliphatic rings. The largest absolute Gasteiger partial charge is 0.496 e. The van der Waals surface area contributed by atoms with Gasteiger partial charge in [-0.05, 0) is 6.07 Å². The summed E-state index contributed by atoms with van der Waals surface area (Å²) < 4.78 is 18.0. The maximum Gasteiger partial charge on any atom is 0.205 e. The Labute approximate surface area is 162 Å². The van der Waals surface area contributed by atoms with Crippen molar-refractivity contribution in [1.29, 1.82) is 0 Å². The fourth-order valence-corrected chi connectivity index (χ4v) is 3.45. The highest BCUT2D eigenvalue weighted by molar-refractivity contribution is 7.07. The van der Waals surface area contributed by atoms with Crippen molar-refractivity contribution >= 4 is 17.6 Å². The molecule has 0 spiro atoms. The summed E-state index contributed by atoms with van der Waals surface area (Å²) in [5.74, 6) is 1.85. The van der Waals surface area contributed by atoms with Crippen LogP contribution in [0.15, 0.2) is 57.9 Å². The predicted molar refractivity (Wildman–Crippen MR) is 108 cm³/mol. The molecule has 3 rings (SSSR count). The standard InChI is InChI=1S/C20H21N3O3S/c1-21-20-23(16(13-27-20)14-8-6-5-7-9-14)22-12-15-10-18(25-3)19(26-4)11-17(15)24-2/h5-13H,1-4H3. The minimum Gasteiger partial charge on any atom is -0.496 e. The summed E-state index contributed by atoms with van der Waals surface area (Å²) in [6, 6.07) is 13.7. The Kier molecular flexibility index (Phi) is 5.93. The van der Waals surface area contributed by atoms with Crippen molar-refractivity contribution in [3.05, 3.63) is 58.2 Å². The molecule has 0 unspecified atom stereocenters. The van der Waals surface area contributed by atoms with Gasteiger partial charge < -0.3 is 14.2 Å². The molecule has 0 aliphatic carbocycles. The van der Waals surface area contributed by atoms with Gasteiger partial charge in [0.25, 0.3) is 0 Å². The number of rotatable bonds is 6. The minimum absolute atomic E-state index is 0.601. The smallest absolute Gasteiger partial charge is 0.205 e. The van der Waals surface area contributed by atoms with Gasteiger partial charge in [0, 0.05) is 29.6 Å². The van der Waals surface area contributed by atoms with Crippen molar-refractivity contribution in [2.45, 2.75) is 0 Å². The molecule has 7 heteroatoms. The Morgan fingerprint density at radius 3 is 2.22 bits per heavy atom. The zero-order valence-electron chi connectivity index (χ0n) is 15.7. The molecule has 0 radical (unpaired) electrons. The van der Waals surface area contributed by atoms with Crippen LogP contribution in [0.5, 0.6) is 17.2 Å². The molecule has 0 atom stereocenters. The molecule has 0 saturated heterocycles. The first-order valence-electron chi connectivity index (χ1n) is 8.25. The number of nitrogens with zero attached hydrogens (tertiary/aromatic N) is 3. The second kappa shape index (κ2) is 8.55. The van der Waals surface area contributed by atoms with Crippen molar-refractivity contribution in [3.8, 4) is 28.5 Å². The average molecular weight is 383 g/mol. The topological polar surface area (TPSA) is 57.3 Å². The summed E-state index contributed by atoms with van der Waals surface area (Å²) in [7, 11) is 6.55. The first-order valence-corrected chi connectivity index (χ1v) is 9.13. The van der Waals surface area contributed by atoms with E-state index >= 15 is 0 Å². The molecule has 3 aromatic rings. The summed E-state index contributed by atoms with van der Waals surface area (Å²) in [6.45, 7) is 0. The van der Waals surface area contributed by atoms with E-state index in [4.69, 9.17) is 14.2 Å². The Bertz CT molecular complexity index is 1010. The van der Waals surface area contributed by atoms with Crippen LogP contribution < -0.4 is 19.0 Å². The number of hydrogen-bond acceptors (Lipinski definition) is 6. The third-order valence-electron chi connectivity index (χ3n) is 3.99. The molecule has 1 aromatic heterocycles. The van der Waals surface area contributed by atoms with Gasteiger partial charge in [0.2, 0.25) is 4.80 Å². The van der Waals surface area contributed by atoms with Crippen molar-refractivity contribution in [1.82, 2.24) is 4.68 Å². The molecule has 27 heavy (non-hydrogen) atoms. The number of ether oxygens (including phenoxy) is 3. The van der Waals surface area contributed by atoms with E-state index in [1.165, 1.54) is 11.3 Å². The van der Waals surface area contributed by atoms with Crippen LogP contribution in [-0.4, -0.2) is 39.3 Å². The Morgan fingerprint density at radius 2 is 1.59 bits per heavy atom. The van der Waals surface area contributed by atoms with Gasteiger partial charge in [0.15, 0.2) is 11.5 Å². The molecule has 0 aliphatic heterocycles. The van der Waals surface area contributed by atoms with Crippen molar-refractivity contribution in [2.75, 3.05) is 28.4 Å². The molecule has 0 saturated carbocycles. The molecule has 2 aromatic carbocycles. The molecule has 0 fully saturated rings. The van der Waals surface area contributed by atoms with E-state index < -0.39 is 0 Å². The number of hydrogen-bond donors (Lipinski definition) is 0. The SMILES string of the molecule is CN=c1scc(-c2ccccc2)n1N=Cc1cc(OC)c(OC)cc1OC. The van der Waals surface area contributed by atoms with E-state index in [2.05, 4.69) is 10.1 Å². The Morgan fingerprint density at radius 1 is 0.926 bits per heavy atom. The number of methoxy groups -OCH3 is 3. The molecule has 0 N–H and O–H groups in total. The van der Waals surface area contributed by atoms with Crippen LogP contribution in [0.4, 0.5) is 0 Å². The van der Waals surface area contributed by atoms with Gasteiger partial charge in [-0.15, -0.1) is 11.3 Å². The monoisotopic (exact) mass is 383 g/mol. The van der Waals surface area contributed by atoms with Gasteiger partial charge in [-0.1, -0.05) is 30.3 Å². The van der Waals surface area contributed by atoms with E-state index in [1.807, 2.05) is 46.5 Å². The Balaban J connectivity index is 2.08. The van der Waals surface area contributed by atoms with Crippen LogP contribution in [-0.2, 0) is 0 Å². The predicted octanol–water partition coefficient (Wildman–Crippen LogP) is 3.66. The lowest BCUT2D eigenvalue weighted by atomic mass is 10.2. The number of benzene rings is 2. The van der Waals surface area contributed by atoms with E-state index in [-0.39, 0.29) is 0 Å². The van der Waals surface area contributed by atoms with Gasteiger partial charge in [0.1, 0.15) is 5.75 Å². The number of thiazole rings is 1. The van der Waals surface area contributed by atoms with Crippen LogP contribution in [0, 0.1) is 0 Å². The summed E-state index contributed by atoms with van der Waals surface area (Å²) >= 11 is 1.54. The molecule has 140 valence electrons. The lowest BCUT2D eigenvalue weighted by molar-refractivity contribution is 0.349. The molecule has 1 heterocycles. The molecular formula is C20H21N3O3S. The van der Waals surface area contributed by atoms with Crippen LogP contribution in [0.25, 0.3) is 11.3 Å². The van der Waals surface area contributed by atoms with Gasteiger partial charge in [-0.25, -0.2) is 4.68 Å². The van der Waals surface area contributed by atoms with Crippen molar-refractivity contribution in [3.63, 3.8) is 0 Å². The van der Waals surface area contributed by atoms with Crippen LogP contribution in [0.1, 0.15) is 5.56 Å². The molecule has 0 bridgehead atoms. The second-order valence-electron chi connectivity index (χ2n) is 5.50. The van der Waals surface area contributed by atoms with Gasteiger partial charge >= 0.3 is 0 Å². The van der Waals surface area contributed by atoms with Gasteiger partial charge in [-0.2, -0.15) is 5.10 Å². The van der Waals surface area contributed by atoms with E-state index in [0.29, 0.717) is 17.2 Å². The first kappa shape index (κ1) is 18.7. The first-order chi connectivity index (χ1) is 13.2. The van der Waals surface area contributed by atoms with Gasteiger partial charge in [0.05, 0.1) is 33.2 Å². The highest BCUT2D eigenvalue weighted by atomic mass is 32.1. The fourth-order valence-electron chi connectivity index (χ4n) is 2.64.